The number of nitrogens with zero attached hydrogens (tertiary/aromatic N) is 4. The lowest BCUT2D eigenvalue weighted by atomic mass is 10.4. The van der Waals surface area contributed by atoms with E-state index in [0.717, 1.165) is 6.07 Å². The third kappa shape index (κ3) is 2.82. The van der Waals surface area contributed by atoms with Crippen molar-refractivity contribution in [1.29, 1.82) is 0 Å². The molecule has 0 amide bonds. The monoisotopic (exact) mass is 308 g/mol. The van der Waals surface area contributed by atoms with Crippen molar-refractivity contribution in [2.24, 2.45) is 0 Å². The molecule has 0 atom stereocenters. The normalized spacial score (nSPS) is 11.1. The molecule has 0 fully saturated rings. The summed E-state index contributed by atoms with van der Waals surface area (Å²) in [7, 11) is -0.845. The minimum absolute atomic E-state index is 0.281. The van der Waals surface area contributed by atoms with Crippen LogP contribution >= 0.6 is 0 Å². The average molecular weight is 308 g/mol. The fraction of sp³-hybridized carbons (Fsp3) is 0.167. The molecule has 0 aromatic carbocycles. The Morgan fingerprint density at radius 2 is 1.90 bits per heavy atom. The van der Waals surface area contributed by atoms with E-state index in [1.54, 1.807) is 25.1 Å². The Hall–Kier alpha value is -2.55. The van der Waals surface area contributed by atoms with Gasteiger partial charge in [-0.15, -0.1) is 0 Å². The summed E-state index contributed by atoms with van der Waals surface area (Å²) in [5.74, 6) is 0.301. The smallest absolute Gasteiger partial charge is 0.307 e. The lowest BCUT2D eigenvalue weighted by molar-refractivity contribution is -0.388. The van der Waals surface area contributed by atoms with Gasteiger partial charge in [-0.25, -0.2) is 18.4 Å². The zero-order valence-corrected chi connectivity index (χ0v) is 12.1. The van der Waals surface area contributed by atoms with Gasteiger partial charge in [-0.3, -0.25) is 10.1 Å². The van der Waals surface area contributed by atoms with Crippen molar-refractivity contribution in [3.8, 4) is 0 Å². The maximum Gasteiger partial charge on any atom is 0.307 e. The number of hydrogen-bond donors (Lipinski definition) is 0. The van der Waals surface area contributed by atoms with Crippen molar-refractivity contribution in [3.05, 3.63) is 46.6 Å². The van der Waals surface area contributed by atoms with E-state index in [4.69, 9.17) is 0 Å². The highest BCUT2D eigenvalue weighted by atomic mass is 32.2. The molecule has 2 heterocycles. The van der Waals surface area contributed by atoms with Gasteiger partial charge in [-0.2, -0.15) is 0 Å². The summed E-state index contributed by atoms with van der Waals surface area (Å²) in [6, 6.07) is 6.81. The highest BCUT2D eigenvalue weighted by Gasteiger charge is 2.31. The Morgan fingerprint density at radius 3 is 2.43 bits per heavy atom. The molecule has 0 bridgehead atoms. The lowest BCUT2D eigenvalue weighted by Crippen LogP contribution is -2.15. The first kappa shape index (κ1) is 14.9. The number of hydrogen-bond acceptors (Lipinski definition) is 7. The van der Waals surface area contributed by atoms with Crippen molar-refractivity contribution >= 4 is 21.3 Å². The summed E-state index contributed by atoms with van der Waals surface area (Å²) in [6.45, 7) is 0. The molecule has 0 radical (unpaired) electrons. The van der Waals surface area contributed by atoms with Crippen LogP contribution in [0.5, 0.6) is 0 Å². The van der Waals surface area contributed by atoms with Crippen LogP contribution in [0.25, 0.3) is 0 Å². The van der Waals surface area contributed by atoms with Gasteiger partial charge in [-0.1, -0.05) is 6.07 Å². The van der Waals surface area contributed by atoms with E-state index in [0.29, 0.717) is 5.82 Å². The predicted molar refractivity (Wildman–Crippen MR) is 74.9 cm³/mol. The quantitative estimate of drug-likeness (QED) is 0.618. The molecule has 2 aromatic heterocycles. The van der Waals surface area contributed by atoms with Crippen LogP contribution in [0.15, 0.2) is 46.6 Å². The van der Waals surface area contributed by atoms with Crippen molar-refractivity contribution in [2.45, 2.75) is 10.1 Å². The third-order valence-corrected chi connectivity index (χ3v) is 4.25. The Kier molecular flexibility index (Phi) is 3.85. The maximum atomic E-state index is 12.5. The van der Waals surface area contributed by atoms with E-state index in [-0.39, 0.29) is 5.03 Å². The summed E-state index contributed by atoms with van der Waals surface area (Å²) in [4.78, 5) is 19.5. The van der Waals surface area contributed by atoms with Crippen LogP contribution in [0.3, 0.4) is 0 Å². The first-order valence-electron chi connectivity index (χ1n) is 5.83. The lowest BCUT2D eigenvalue weighted by Gasteiger charge is -2.12. The SMILES string of the molecule is CN(C)c1ccc([N+](=O)[O-])c(S(=O)(=O)c2ccccn2)n1. The number of aromatic nitrogens is 2. The minimum Gasteiger partial charge on any atom is -0.363 e. The van der Waals surface area contributed by atoms with Gasteiger partial charge in [0.25, 0.3) is 0 Å². The fourth-order valence-corrected chi connectivity index (χ4v) is 2.90. The number of nitro groups is 1. The van der Waals surface area contributed by atoms with Crippen molar-refractivity contribution in [2.75, 3.05) is 19.0 Å². The van der Waals surface area contributed by atoms with Crippen LogP contribution in [0.2, 0.25) is 0 Å². The van der Waals surface area contributed by atoms with Crippen LogP contribution < -0.4 is 4.90 Å². The maximum absolute atomic E-state index is 12.5. The molecule has 9 heteroatoms. The van der Waals surface area contributed by atoms with Crippen LogP contribution in [0.4, 0.5) is 11.5 Å². The zero-order chi connectivity index (χ0) is 15.6. The highest BCUT2D eigenvalue weighted by Crippen LogP contribution is 2.28. The highest BCUT2D eigenvalue weighted by molar-refractivity contribution is 7.91. The Morgan fingerprint density at radius 1 is 1.19 bits per heavy atom. The van der Waals surface area contributed by atoms with Gasteiger partial charge in [0, 0.05) is 26.4 Å². The first-order chi connectivity index (χ1) is 9.84. The molecule has 110 valence electrons. The van der Waals surface area contributed by atoms with Crippen LogP contribution in [-0.4, -0.2) is 37.4 Å². The van der Waals surface area contributed by atoms with Gasteiger partial charge in [0.1, 0.15) is 5.82 Å². The Labute approximate surface area is 121 Å². The molecule has 0 unspecified atom stereocenters. The van der Waals surface area contributed by atoms with Crippen LogP contribution in [-0.2, 0) is 9.84 Å². The first-order valence-corrected chi connectivity index (χ1v) is 7.31. The van der Waals surface area contributed by atoms with E-state index >= 15 is 0 Å². The van der Waals surface area contributed by atoms with E-state index in [1.165, 1.54) is 24.4 Å². The van der Waals surface area contributed by atoms with Crippen molar-refractivity contribution in [1.82, 2.24) is 9.97 Å². The van der Waals surface area contributed by atoms with Crippen LogP contribution in [0.1, 0.15) is 0 Å². The fourth-order valence-electron chi connectivity index (χ4n) is 1.61. The Balaban J connectivity index is 2.71. The van der Waals surface area contributed by atoms with Gasteiger partial charge in [0.15, 0.2) is 5.03 Å². The third-order valence-electron chi connectivity index (χ3n) is 2.65. The summed E-state index contributed by atoms with van der Waals surface area (Å²) >= 11 is 0. The molecule has 2 rings (SSSR count). The number of anilines is 1. The minimum atomic E-state index is -4.16. The zero-order valence-electron chi connectivity index (χ0n) is 11.3. The number of sulfone groups is 1. The van der Waals surface area contributed by atoms with E-state index in [1.807, 2.05) is 0 Å². The van der Waals surface area contributed by atoms with Crippen molar-refractivity contribution in [3.63, 3.8) is 0 Å². The van der Waals surface area contributed by atoms with E-state index in [2.05, 4.69) is 9.97 Å². The largest absolute Gasteiger partial charge is 0.363 e. The molecule has 0 spiro atoms. The molecule has 21 heavy (non-hydrogen) atoms. The molecule has 8 nitrogen and oxygen atoms in total. The standard InChI is InChI=1S/C12H12N4O4S/c1-15(2)10-7-6-9(16(17)18)12(14-10)21(19,20)11-5-3-4-8-13-11/h3-8H,1-2H3. The average Bonchev–Trinajstić information content (AvgIpc) is 2.47. The molecule has 0 aliphatic heterocycles. The number of rotatable bonds is 4. The molecule has 0 N–H and O–H groups in total. The number of pyridine rings is 2. The van der Waals surface area contributed by atoms with E-state index in [9.17, 15) is 18.5 Å². The topological polar surface area (TPSA) is 106 Å². The summed E-state index contributed by atoms with van der Waals surface area (Å²) < 4.78 is 25.0. The van der Waals surface area contributed by atoms with Gasteiger partial charge < -0.3 is 4.90 Å². The van der Waals surface area contributed by atoms with Gasteiger partial charge in [-0.05, 0) is 18.2 Å². The summed E-state index contributed by atoms with van der Waals surface area (Å²) in [6.07, 6.45) is 1.30. The molecular weight excluding hydrogens is 296 g/mol. The van der Waals surface area contributed by atoms with Crippen molar-refractivity contribution < 1.29 is 13.3 Å². The molecule has 2 aromatic rings. The molecule has 0 aliphatic rings. The molecule has 0 aliphatic carbocycles. The molecule has 0 saturated heterocycles. The second-order valence-electron chi connectivity index (χ2n) is 4.32. The Bertz CT molecular complexity index is 775. The van der Waals surface area contributed by atoms with Gasteiger partial charge in [0.05, 0.1) is 4.92 Å². The molecular formula is C12H12N4O4S. The van der Waals surface area contributed by atoms with Gasteiger partial charge >= 0.3 is 5.69 Å². The second-order valence-corrected chi connectivity index (χ2v) is 6.13. The summed E-state index contributed by atoms with van der Waals surface area (Å²) in [5, 5.41) is 10.2. The summed E-state index contributed by atoms with van der Waals surface area (Å²) in [5.41, 5.74) is -0.578. The van der Waals surface area contributed by atoms with E-state index < -0.39 is 25.5 Å². The van der Waals surface area contributed by atoms with Crippen LogP contribution in [0, 0.1) is 10.1 Å². The second kappa shape index (κ2) is 5.44. The predicted octanol–water partition coefficient (Wildman–Crippen LogP) is 1.28. The van der Waals surface area contributed by atoms with Gasteiger partial charge in [0.2, 0.25) is 14.9 Å². The molecule has 0 saturated carbocycles.